The van der Waals surface area contributed by atoms with E-state index < -0.39 is 11.9 Å². The summed E-state index contributed by atoms with van der Waals surface area (Å²) >= 11 is 0. The van der Waals surface area contributed by atoms with Gasteiger partial charge in [-0.1, -0.05) is 48.5 Å². The first-order valence-electron chi connectivity index (χ1n) is 13.7. The Labute approximate surface area is 232 Å². The number of nitrogens with zero attached hydrogens (tertiary/aromatic N) is 2. The summed E-state index contributed by atoms with van der Waals surface area (Å²) in [6.07, 6.45) is 2.05. The van der Waals surface area contributed by atoms with Crippen LogP contribution in [0, 0.1) is 5.82 Å². The minimum Gasteiger partial charge on any atom is -0.491 e. The van der Waals surface area contributed by atoms with Gasteiger partial charge >= 0.3 is 6.09 Å². The Morgan fingerprint density at radius 3 is 2.75 bits per heavy atom. The summed E-state index contributed by atoms with van der Waals surface area (Å²) in [5, 5.41) is 17.8. The van der Waals surface area contributed by atoms with Crippen LogP contribution in [0.25, 0.3) is 22.2 Å². The van der Waals surface area contributed by atoms with Gasteiger partial charge < -0.3 is 24.6 Å². The van der Waals surface area contributed by atoms with Gasteiger partial charge in [0.15, 0.2) is 12.0 Å². The number of rotatable bonds is 10. The van der Waals surface area contributed by atoms with Crippen LogP contribution in [-0.2, 0) is 22.7 Å². The molecule has 2 atom stereocenters. The molecule has 2 unspecified atom stereocenters. The summed E-state index contributed by atoms with van der Waals surface area (Å²) in [7, 11) is 0. The average molecular weight is 548 g/mol. The molecule has 1 aliphatic rings. The quantitative estimate of drug-likeness (QED) is 0.249. The van der Waals surface area contributed by atoms with Crippen molar-refractivity contribution in [3.8, 4) is 17.0 Å². The highest BCUT2D eigenvalue weighted by Gasteiger charge is 2.25. The normalized spacial score (nSPS) is 16.0. The minimum atomic E-state index is -0.504. The second kappa shape index (κ2) is 12.9. The van der Waals surface area contributed by atoms with Gasteiger partial charge in [0.1, 0.15) is 23.6 Å². The lowest BCUT2D eigenvalue weighted by atomic mass is 10.0. The molecule has 1 fully saturated rings. The number of aliphatic hydroxyl groups is 1. The van der Waals surface area contributed by atoms with Crippen LogP contribution in [0.2, 0.25) is 0 Å². The molecule has 2 heterocycles. The van der Waals surface area contributed by atoms with Crippen molar-refractivity contribution in [1.29, 1.82) is 0 Å². The van der Waals surface area contributed by atoms with Gasteiger partial charge in [-0.2, -0.15) is 5.10 Å². The number of carbonyl (C=O) groups excluding carboxylic acids is 1. The van der Waals surface area contributed by atoms with Crippen LogP contribution in [0.5, 0.6) is 5.75 Å². The van der Waals surface area contributed by atoms with Gasteiger partial charge in [-0.05, 0) is 49.4 Å². The van der Waals surface area contributed by atoms with Gasteiger partial charge in [0.25, 0.3) is 0 Å². The summed E-state index contributed by atoms with van der Waals surface area (Å²) in [5.41, 5.74) is 3.38. The van der Waals surface area contributed by atoms with Gasteiger partial charge in [-0.3, -0.25) is 0 Å². The van der Waals surface area contributed by atoms with Gasteiger partial charge in [-0.25, -0.2) is 13.9 Å². The molecule has 4 aromatic rings. The first-order chi connectivity index (χ1) is 19.5. The van der Waals surface area contributed by atoms with E-state index in [0.29, 0.717) is 41.9 Å². The van der Waals surface area contributed by atoms with Gasteiger partial charge in [0.05, 0.1) is 12.7 Å². The number of aliphatic hydroxyl groups excluding tert-OH is 1. The largest absolute Gasteiger partial charge is 0.491 e. The van der Waals surface area contributed by atoms with Crippen LogP contribution >= 0.6 is 0 Å². The number of halogens is 1. The molecule has 0 spiro atoms. The van der Waals surface area contributed by atoms with Crippen molar-refractivity contribution in [3.63, 3.8) is 0 Å². The fraction of sp³-hybridized carbons (Fsp3) is 0.355. The number of alkyl carbamates (subject to hydrolysis) is 1. The van der Waals surface area contributed by atoms with Crippen LogP contribution in [0.4, 0.5) is 9.18 Å². The highest BCUT2D eigenvalue weighted by atomic mass is 19.1. The van der Waals surface area contributed by atoms with Crippen molar-refractivity contribution in [2.75, 3.05) is 13.2 Å². The number of nitrogens with one attached hydrogen (secondary N) is 1. The molecule has 1 aromatic heterocycles. The molecule has 40 heavy (non-hydrogen) atoms. The van der Waals surface area contributed by atoms with Crippen molar-refractivity contribution in [3.05, 3.63) is 83.7 Å². The standard InChI is InChI=1S/C31H34FN3O5/c1-21(13-14-33-31(37)39-20-22-8-3-2-4-9-22)40-25-17-26-29(24-11-7-10-23(16-24)19-36)34-35(30(26)27(32)18-25)28-12-5-6-15-38-28/h2-4,7-11,16-18,21,28,36H,5-6,12-15,19-20H2,1H3,(H,33,37). The molecule has 1 saturated heterocycles. The number of ether oxygens (including phenoxy) is 3. The van der Waals surface area contributed by atoms with E-state index in [1.807, 2.05) is 61.5 Å². The topological polar surface area (TPSA) is 94.8 Å². The summed E-state index contributed by atoms with van der Waals surface area (Å²) in [6, 6.07) is 20.0. The van der Waals surface area contributed by atoms with Gasteiger partial charge in [0, 0.05) is 36.6 Å². The smallest absolute Gasteiger partial charge is 0.407 e. The van der Waals surface area contributed by atoms with Gasteiger partial charge in [0.2, 0.25) is 0 Å². The third-order valence-electron chi connectivity index (χ3n) is 6.91. The third-order valence-corrected chi connectivity index (χ3v) is 6.91. The molecule has 5 rings (SSSR count). The SMILES string of the molecule is CC(CCNC(=O)OCc1ccccc1)Oc1cc(F)c2c(c1)c(-c1cccc(CO)c1)nn2C1CCCCO1. The van der Waals surface area contributed by atoms with Crippen LogP contribution in [0.15, 0.2) is 66.7 Å². The first-order valence-corrected chi connectivity index (χ1v) is 13.7. The number of aromatic nitrogens is 2. The molecule has 210 valence electrons. The monoisotopic (exact) mass is 547 g/mol. The Bertz CT molecular complexity index is 1440. The number of hydrogen-bond acceptors (Lipinski definition) is 6. The molecular formula is C31H34FN3O5. The highest BCUT2D eigenvalue weighted by molar-refractivity contribution is 5.94. The van der Waals surface area contributed by atoms with E-state index in [9.17, 15) is 9.90 Å². The zero-order valence-electron chi connectivity index (χ0n) is 22.5. The molecule has 0 saturated carbocycles. The fourth-order valence-electron chi connectivity index (χ4n) is 4.87. The van der Waals surface area contributed by atoms with Crippen LogP contribution in [-0.4, -0.2) is 40.2 Å². The van der Waals surface area contributed by atoms with Gasteiger partial charge in [-0.15, -0.1) is 0 Å². The van der Waals surface area contributed by atoms with E-state index in [0.717, 1.165) is 36.0 Å². The Morgan fingerprint density at radius 1 is 1.15 bits per heavy atom. The summed E-state index contributed by atoms with van der Waals surface area (Å²) in [5.74, 6) is -0.0821. The van der Waals surface area contributed by atoms with E-state index in [1.54, 1.807) is 10.7 Å². The Balaban J connectivity index is 1.30. The lowest BCUT2D eigenvalue weighted by Gasteiger charge is -2.23. The summed E-state index contributed by atoms with van der Waals surface area (Å²) in [4.78, 5) is 12.0. The first kappa shape index (κ1) is 27.6. The predicted molar refractivity (Wildman–Crippen MR) is 149 cm³/mol. The number of benzene rings is 3. The highest BCUT2D eigenvalue weighted by Crippen LogP contribution is 2.37. The van der Waals surface area contributed by atoms with Crippen LogP contribution in [0.3, 0.4) is 0 Å². The number of fused-ring (bicyclic) bond motifs is 1. The second-order valence-corrected chi connectivity index (χ2v) is 9.98. The number of carbonyl (C=O) groups is 1. The zero-order chi connectivity index (χ0) is 27.9. The maximum absolute atomic E-state index is 15.7. The maximum Gasteiger partial charge on any atom is 0.407 e. The predicted octanol–water partition coefficient (Wildman–Crippen LogP) is 6.12. The minimum absolute atomic E-state index is 0.105. The molecule has 0 radical (unpaired) electrons. The van der Waals surface area contributed by atoms with Crippen molar-refractivity contribution < 1.29 is 28.5 Å². The van der Waals surface area contributed by atoms with Crippen molar-refractivity contribution >= 4 is 17.0 Å². The molecular weight excluding hydrogens is 513 g/mol. The molecule has 3 aromatic carbocycles. The fourth-order valence-corrected chi connectivity index (χ4v) is 4.87. The number of amides is 1. The Hall–Kier alpha value is -3.95. The van der Waals surface area contributed by atoms with Crippen LogP contribution < -0.4 is 10.1 Å². The van der Waals surface area contributed by atoms with E-state index in [4.69, 9.17) is 19.3 Å². The molecule has 0 bridgehead atoms. The summed E-state index contributed by atoms with van der Waals surface area (Å²) < 4.78 is 34.5. The van der Waals surface area contributed by atoms with E-state index in [1.165, 1.54) is 6.07 Å². The molecule has 0 aliphatic carbocycles. The van der Waals surface area contributed by atoms with E-state index in [-0.39, 0.29) is 25.5 Å². The number of hydrogen-bond donors (Lipinski definition) is 2. The molecule has 2 N–H and O–H groups in total. The Kier molecular flexibility index (Phi) is 8.93. The molecule has 8 nitrogen and oxygen atoms in total. The molecule has 1 aliphatic heterocycles. The maximum atomic E-state index is 15.7. The van der Waals surface area contributed by atoms with Crippen molar-refractivity contribution in [2.24, 2.45) is 0 Å². The lowest BCUT2D eigenvalue weighted by Crippen LogP contribution is -2.28. The lowest BCUT2D eigenvalue weighted by molar-refractivity contribution is -0.0368. The average Bonchev–Trinajstić information content (AvgIpc) is 3.37. The third kappa shape index (κ3) is 6.60. The van der Waals surface area contributed by atoms with Crippen molar-refractivity contribution in [1.82, 2.24) is 15.1 Å². The summed E-state index contributed by atoms with van der Waals surface area (Å²) in [6.45, 7) is 2.91. The molecule has 1 amide bonds. The van der Waals surface area contributed by atoms with Crippen molar-refractivity contribution in [2.45, 2.75) is 58.2 Å². The zero-order valence-corrected chi connectivity index (χ0v) is 22.5. The molecule has 9 heteroatoms. The Morgan fingerprint density at radius 2 is 1.98 bits per heavy atom. The van der Waals surface area contributed by atoms with Crippen LogP contribution in [0.1, 0.15) is 50.0 Å². The van der Waals surface area contributed by atoms with E-state index >= 15 is 4.39 Å². The van der Waals surface area contributed by atoms with E-state index in [2.05, 4.69) is 5.32 Å². The second-order valence-electron chi connectivity index (χ2n) is 9.98.